The number of hydrogen-bond acceptors (Lipinski definition) is 3. The molecule has 1 N–H and O–H groups in total. The van der Waals surface area contributed by atoms with Gasteiger partial charge in [0.2, 0.25) is 0 Å². The van der Waals surface area contributed by atoms with Crippen molar-refractivity contribution in [1.29, 1.82) is 0 Å². The van der Waals surface area contributed by atoms with E-state index in [1.165, 1.54) is 19.3 Å². The maximum absolute atomic E-state index is 5.41. The van der Waals surface area contributed by atoms with Crippen LogP contribution in [0.25, 0.3) is 0 Å². The van der Waals surface area contributed by atoms with E-state index in [4.69, 9.17) is 4.74 Å². The number of nitrogens with zero attached hydrogens (tertiary/aromatic N) is 1. The van der Waals surface area contributed by atoms with E-state index in [0.717, 1.165) is 38.8 Å². The molecule has 2 fully saturated rings. The lowest BCUT2D eigenvalue weighted by Gasteiger charge is -2.41. The van der Waals surface area contributed by atoms with Crippen LogP contribution in [0.5, 0.6) is 0 Å². The first-order chi connectivity index (χ1) is 8.94. The summed E-state index contributed by atoms with van der Waals surface area (Å²) >= 11 is 0. The third kappa shape index (κ3) is 5.05. The SMILES string of the molecule is CC1CC(NC(C)CN2CCOCC2)CC(C)(C)C1. The van der Waals surface area contributed by atoms with Gasteiger partial charge in [0.25, 0.3) is 0 Å². The Hall–Kier alpha value is -0.120. The van der Waals surface area contributed by atoms with Gasteiger partial charge in [-0.3, -0.25) is 4.90 Å². The molecule has 0 bridgehead atoms. The van der Waals surface area contributed by atoms with E-state index >= 15 is 0 Å². The molecule has 1 heterocycles. The van der Waals surface area contributed by atoms with Crippen molar-refractivity contribution in [2.75, 3.05) is 32.8 Å². The fourth-order valence-electron chi connectivity index (χ4n) is 4.10. The highest BCUT2D eigenvalue weighted by atomic mass is 16.5. The van der Waals surface area contributed by atoms with Crippen molar-refractivity contribution < 1.29 is 4.74 Å². The van der Waals surface area contributed by atoms with Crippen LogP contribution in [0.2, 0.25) is 0 Å². The second kappa shape index (κ2) is 6.55. The molecular formula is C16H32N2O. The van der Waals surface area contributed by atoms with E-state index in [9.17, 15) is 0 Å². The van der Waals surface area contributed by atoms with Crippen molar-refractivity contribution >= 4 is 0 Å². The predicted octanol–water partition coefficient (Wildman–Crippen LogP) is 2.51. The minimum atomic E-state index is 0.508. The fraction of sp³-hybridized carbons (Fsp3) is 1.00. The second-order valence-corrected chi connectivity index (χ2v) is 7.59. The summed E-state index contributed by atoms with van der Waals surface area (Å²) in [5, 5.41) is 3.87. The van der Waals surface area contributed by atoms with Gasteiger partial charge in [0, 0.05) is 31.7 Å². The third-order valence-corrected chi connectivity index (χ3v) is 4.54. The minimum Gasteiger partial charge on any atom is -0.379 e. The highest BCUT2D eigenvalue weighted by Gasteiger charge is 2.32. The number of hydrogen-bond donors (Lipinski definition) is 1. The van der Waals surface area contributed by atoms with Crippen LogP contribution in [0.3, 0.4) is 0 Å². The summed E-state index contributed by atoms with van der Waals surface area (Å²) in [5.41, 5.74) is 0.508. The van der Waals surface area contributed by atoms with E-state index in [1.54, 1.807) is 0 Å². The van der Waals surface area contributed by atoms with E-state index in [0.29, 0.717) is 17.5 Å². The molecule has 19 heavy (non-hydrogen) atoms. The highest BCUT2D eigenvalue weighted by molar-refractivity contribution is 4.88. The molecule has 1 saturated carbocycles. The van der Waals surface area contributed by atoms with Crippen molar-refractivity contribution in [3.05, 3.63) is 0 Å². The van der Waals surface area contributed by atoms with Gasteiger partial charge in [-0.15, -0.1) is 0 Å². The molecule has 3 heteroatoms. The molecule has 3 nitrogen and oxygen atoms in total. The zero-order chi connectivity index (χ0) is 13.9. The van der Waals surface area contributed by atoms with Gasteiger partial charge in [-0.05, 0) is 37.5 Å². The van der Waals surface area contributed by atoms with Crippen LogP contribution >= 0.6 is 0 Å². The summed E-state index contributed by atoms with van der Waals surface area (Å²) in [6.45, 7) is 14.7. The second-order valence-electron chi connectivity index (χ2n) is 7.59. The Morgan fingerprint density at radius 1 is 1.26 bits per heavy atom. The Balaban J connectivity index is 1.76. The maximum Gasteiger partial charge on any atom is 0.0594 e. The molecule has 1 aliphatic heterocycles. The number of morpholine rings is 1. The maximum atomic E-state index is 5.41. The average molecular weight is 268 g/mol. The summed E-state index contributed by atoms with van der Waals surface area (Å²) in [6.07, 6.45) is 4.05. The van der Waals surface area contributed by atoms with Gasteiger partial charge in [0.15, 0.2) is 0 Å². The molecule has 1 aliphatic carbocycles. The first-order valence-corrected chi connectivity index (χ1v) is 8.01. The molecule has 2 aliphatic rings. The lowest BCUT2D eigenvalue weighted by molar-refractivity contribution is 0.0325. The summed E-state index contributed by atoms with van der Waals surface area (Å²) in [4.78, 5) is 2.53. The minimum absolute atomic E-state index is 0.508. The summed E-state index contributed by atoms with van der Waals surface area (Å²) in [6, 6.07) is 1.29. The first-order valence-electron chi connectivity index (χ1n) is 8.01. The third-order valence-electron chi connectivity index (χ3n) is 4.54. The van der Waals surface area contributed by atoms with Gasteiger partial charge in [-0.1, -0.05) is 20.8 Å². The number of rotatable bonds is 4. The Morgan fingerprint density at radius 3 is 2.58 bits per heavy atom. The van der Waals surface area contributed by atoms with E-state index in [2.05, 4.69) is 37.9 Å². The van der Waals surface area contributed by atoms with Gasteiger partial charge in [0.1, 0.15) is 0 Å². The molecule has 0 spiro atoms. The van der Waals surface area contributed by atoms with Gasteiger partial charge in [0.05, 0.1) is 13.2 Å². The van der Waals surface area contributed by atoms with Crippen LogP contribution in [0.1, 0.15) is 47.0 Å². The molecule has 0 aromatic carbocycles. The van der Waals surface area contributed by atoms with Crippen LogP contribution < -0.4 is 5.32 Å². The van der Waals surface area contributed by atoms with Crippen molar-refractivity contribution in [3.63, 3.8) is 0 Å². The van der Waals surface area contributed by atoms with Crippen molar-refractivity contribution in [3.8, 4) is 0 Å². The Kier molecular flexibility index (Phi) is 5.27. The van der Waals surface area contributed by atoms with Crippen LogP contribution in [-0.4, -0.2) is 49.8 Å². The highest BCUT2D eigenvalue weighted by Crippen LogP contribution is 2.38. The summed E-state index contributed by atoms with van der Waals surface area (Å²) in [5.74, 6) is 0.858. The van der Waals surface area contributed by atoms with Crippen molar-refractivity contribution in [2.24, 2.45) is 11.3 Å². The predicted molar refractivity (Wildman–Crippen MR) is 80.4 cm³/mol. The Morgan fingerprint density at radius 2 is 1.95 bits per heavy atom. The molecule has 112 valence electrons. The average Bonchev–Trinajstić information content (AvgIpc) is 2.26. The van der Waals surface area contributed by atoms with E-state index in [-0.39, 0.29) is 0 Å². The largest absolute Gasteiger partial charge is 0.379 e. The van der Waals surface area contributed by atoms with Crippen LogP contribution in [0, 0.1) is 11.3 Å². The van der Waals surface area contributed by atoms with Gasteiger partial charge in [-0.25, -0.2) is 0 Å². The topological polar surface area (TPSA) is 24.5 Å². The normalized spacial score (nSPS) is 34.1. The molecule has 1 saturated heterocycles. The van der Waals surface area contributed by atoms with Gasteiger partial charge in [-0.2, -0.15) is 0 Å². The smallest absolute Gasteiger partial charge is 0.0594 e. The molecule has 3 unspecified atom stereocenters. The standard InChI is InChI=1S/C16H32N2O/c1-13-9-15(11-16(3,4)10-13)17-14(2)12-18-5-7-19-8-6-18/h13-15,17H,5-12H2,1-4H3. The van der Waals surface area contributed by atoms with Crippen LogP contribution in [-0.2, 0) is 4.74 Å². The molecular weight excluding hydrogens is 236 g/mol. The zero-order valence-corrected chi connectivity index (χ0v) is 13.2. The lowest BCUT2D eigenvalue weighted by atomic mass is 9.70. The quantitative estimate of drug-likeness (QED) is 0.848. The van der Waals surface area contributed by atoms with Gasteiger partial charge < -0.3 is 10.1 Å². The van der Waals surface area contributed by atoms with E-state index in [1.807, 2.05) is 0 Å². The Labute approximate surface area is 119 Å². The summed E-state index contributed by atoms with van der Waals surface area (Å²) in [7, 11) is 0. The van der Waals surface area contributed by atoms with Gasteiger partial charge >= 0.3 is 0 Å². The molecule has 0 aromatic heterocycles. The fourth-order valence-corrected chi connectivity index (χ4v) is 4.10. The van der Waals surface area contributed by atoms with Crippen LogP contribution in [0.4, 0.5) is 0 Å². The summed E-state index contributed by atoms with van der Waals surface area (Å²) < 4.78 is 5.41. The zero-order valence-electron chi connectivity index (χ0n) is 13.2. The van der Waals surface area contributed by atoms with E-state index < -0.39 is 0 Å². The molecule has 3 atom stereocenters. The van der Waals surface area contributed by atoms with Crippen LogP contribution in [0.15, 0.2) is 0 Å². The monoisotopic (exact) mass is 268 g/mol. The lowest BCUT2D eigenvalue weighted by Crippen LogP contribution is -2.49. The van der Waals surface area contributed by atoms with Crippen molar-refractivity contribution in [2.45, 2.75) is 59.0 Å². The van der Waals surface area contributed by atoms with Crippen molar-refractivity contribution in [1.82, 2.24) is 10.2 Å². The molecule has 2 rings (SSSR count). The first kappa shape index (κ1) is 15.3. The molecule has 0 amide bonds. The number of ether oxygens (including phenoxy) is 1. The molecule has 0 aromatic rings. The molecule has 0 radical (unpaired) electrons. The number of nitrogens with one attached hydrogen (secondary N) is 1. The Bertz CT molecular complexity index is 274.